The van der Waals surface area contributed by atoms with Gasteiger partial charge in [0.05, 0.1) is 0 Å². The third-order valence-corrected chi connectivity index (χ3v) is 3.45. The summed E-state index contributed by atoms with van der Waals surface area (Å²) in [5, 5.41) is 3.63. The van der Waals surface area contributed by atoms with E-state index in [1.165, 1.54) is 5.56 Å². The highest BCUT2D eigenvalue weighted by Crippen LogP contribution is 2.19. The van der Waals surface area contributed by atoms with E-state index in [1.807, 2.05) is 0 Å². The van der Waals surface area contributed by atoms with Crippen LogP contribution >= 0.6 is 0 Å². The van der Waals surface area contributed by atoms with Crippen LogP contribution in [0, 0.1) is 5.41 Å². The average Bonchev–Trinajstić information content (AvgIpc) is 2.36. The Hall–Kier alpha value is -0.860. The molecule has 0 aliphatic heterocycles. The van der Waals surface area contributed by atoms with E-state index in [4.69, 9.17) is 0 Å². The van der Waals surface area contributed by atoms with Crippen molar-refractivity contribution in [3.05, 3.63) is 35.9 Å². The molecule has 0 bridgehead atoms. The second-order valence-electron chi connectivity index (χ2n) is 7.56. The first-order valence-corrected chi connectivity index (χ1v) is 7.73. The lowest BCUT2D eigenvalue weighted by atomic mass is 9.91. The van der Waals surface area contributed by atoms with Crippen molar-refractivity contribution >= 4 is 0 Å². The van der Waals surface area contributed by atoms with Gasteiger partial charge in [-0.3, -0.25) is 4.90 Å². The van der Waals surface area contributed by atoms with Crippen LogP contribution < -0.4 is 5.32 Å². The Labute approximate surface area is 125 Å². The van der Waals surface area contributed by atoms with Crippen LogP contribution in [-0.2, 0) is 6.54 Å². The molecule has 0 aliphatic rings. The van der Waals surface area contributed by atoms with Crippen molar-refractivity contribution in [2.75, 3.05) is 19.6 Å². The van der Waals surface area contributed by atoms with Crippen LogP contribution in [0.1, 0.15) is 47.1 Å². The Morgan fingerprint density at radius 1 is 1.00 bits per heavy atom. The molecule has 114 valence electrons. The van der Waals surface area contributed by atoms with Gasteiger partial charge in [0.2, 0.25) is 0 Å². The van der Waals surface area contributed by atoms with Gasteiger partial charge in [-0.15, -0.1) is 0 Å². The van der Waals surface area contributed by atoms with Gasteiger partial charge in [-0.25, -0.2) is 0 Å². The molecule has 1 N–H and O–H groups in total. The fourth-order valence-electron chi connectivity index (χ4n) is 2.29. The highest BCUT2D eigenvalue weighted by molar-refractivity contribution is 5.14. The Balaban J connectivity index is 2.54. The monoisotopic (exact) mass is 276 g/mol. The molecule has 0 amide bonds. The van der Waals surface area contributed by atoms with E-state index < -0.39 is 0 Å². The number of benzene rings is 1. The summed E-state index contributed by atoms with van der Waals surface area (Å²) in [6.45, 7) is 17.9. The Morgan fingerprint density at radius 3 is 2.10 bits per heavy atom. The van der Waals surface area contributed by atoms with Crippen LogP contribution in [0.2, 0.25) is 0 Å². The third kappa shape index (κ3) is 7.06. The molecule has 0 unspecified atom stereocenters. The van der Waals surface area contributed by atoms with E-state index in [9.17, 15) is 0 Å². The molecule has 1 aromatic rings. The molecule has 0 fully saturated rings. The van der Waals surface area contributed by atoms with Gasteiger partial charge in [0, 0.05) is 25.2 Å². The van der Waals surface area contributed by atoms with Gasteiger partial charge >= 0.3 is 0 Å². The van der Waals surface area contributed by atoms with Crippen molar-refractivity contribution < 1.29 is 0 Å². The normalized spacial score (nSPS) is 12.9. The van der Waals surface area contributed by atoms with Crippen molar-refractivity contribution in [2.45, 2.75) is 53.6 Å². The molecular formula is C18H32N2. The molecule has 20 heavy (non-hydrogen) atoms. The van der Waals surface area contributed by atoms with Crippen molar-refractivity contribution in [3.8, 4) is 0 Å². The van der Waals surface area contributed by atoms with Gasteiger partial charge in [0.15, 0.2) is 0 Å². The third-order valence-electron chi connectivity index (χ3n) is 3.45. The highest BCUT2D eigenvalue weighted by Gasteiger charge is 2.23. The second-order valence-corrected chi connectivity index (χ2v) is 7.56. The van der Waals surface area contributed by atoms with Crippen LogP contribution in [0.4, 0.5) is 0 Å². The van der Waals surface area contributed by atoms with Crippen molar-refractivity contribution in [3.63, 3.8) is 0 Å². The van der Waals surface area contributed by atoms with E-state index >= 15 is 0 Å². The zero-order chi connectivity index (χ0) is 15.2. The van der Waals surface area contributed by atoms with E-state index in [0.717, 1.165) is 26.2 Å². The number of rotatable bonds is 7. The number of nitrogens with zero attached hydrogens (tertiary/aromatic N) is 1. The fourth-order valence-corrected chi connectivity index (χ4v) is 2.29. The predicted octanol–water partition coefficient (Wildman–Crippen LogP) is 3.92. The first kappa shape index (κ1) is 17.2. The van der Waals surface area contributed by atoms with Gasteiger partial charge in [0.1, 0.15) is 0 Å². The maximum atomic E-state index is 3.63. The van der Waals surface area contributed by atoms with Gasteiger partial charge in [-0.1, -0.05) is 51.1 Å². The van der Waals surface area contributed by atoms with Crippen molar-refractivity contribution in [2.24, 2.45) is 5.41 Å². The van der Waals surface area contributed by atoms with Crippen LogP contribution in [0.5, 0.6) is 0 Å². The summed E-state index contributed by atoms with van der Waals surface area (Å²) < 4.78 is 0. The molecule has 0 aliphatic carbocycles. The fraction of sp³-hybridized carbons (Fsp3) is 0.667. The molecule has 2 nitrogen and oxygen atoms in total. The van der Waals surface area contributed by atoms with Gasteiger partial charge in [0.25, 0.3) is 0 Å². The minimum atomic E-state index is 0.188. The van der Waals surface area contributed by atoms with Crippen LogP contribution in [-0.4, -0.2) is 30.1 Å². The molecule has 0 heterocycles. The second kappa shape index (κ2) is 7.24. The summed E-state index contributed by atoms with van der Waals surface area (Å²) in [5.41, 5.74) is 1.86. The van der Waals surface area contributed by atoms with Crippen LogP contribution in [0.15, 0.2) is 30.3 Å². The van der Waals surface area contributed by atoms with E-state index in [-0.39, 0.29) is 11.0 Å². The average molecular weight is 276 g/mol. The minimum Gasteiger partial charge on any atom is -0.311 e. The van der Waals surface area contributed by atoms with Gasteiger partial charge in [-0.2, -0.15) is 0 Å². The topological polar surface area (TPSA) is 15.3 Å². The molecule has 0 atom stereocenters. The standard InChI is InChI=1S/C18H32N2/c1-7-20(13-16-11-9-8-10-12-16)15-18(5,6)14-19-17(2,3)4/h8-12,19H,7,13-15H2,1-6H3. The Bertz CT molecular complexity index is 376. The molecule has 0 aromatic heterocycles. The molecule has 0 radical (unpaired) electrons. The minimum absolute atomic E-state index is 0.188. The lowest BCUT2D eigenvalue weighted by Gasteiger charge is -2.35. The molecule has 2 heteroatoms. The Kier molecular flexibility index (Phi) is 6.22. The Morgan fingerprint density at radius 2 is 1.60 bits per heavy atom. The zero-order valence-electron chi connectivity index (χ0n) is 14.2. The smallest absolute Gasteiger partial charge is 0.0233 e. The lowest BCUT2D eigenvalue weighted by Crippen LogP contribution is -2.46. The maximum Gasteiger partial charge on any atom is 0.0233 e. The first-order valence-electron chi connectivity index (χ1n) is 7.73. The van der Waals surface area contributed by atoms with E-state index in [2.05, 4.69) is 82.1 Å². The molecule has 0 saturated carbocycles. The number of hydrogen-bond donors (Lipinski definition) is 1. The van der Waals surface area contributed by atoms with Crippen LogP contribution in [0.25, 0.3) is 0 Å². The largest absolute Gasteiger partial charge is 0.311 e. The molecular weight excluding hydrogens is 244 g/mol. The SMILES string of the molecule is CCN(Cc1ccccc1)CC(C)(C)CNC(C)(C)C. The molecule has 0 saturated heterocycles. The summed E-state index contributed by atoms with van der Waals surface area (Å²) >= 11 is 0. The maximum absolute atomic E-state index is 3.63. The molecule has 1 aromatic carbocycles. The summed E-state index contributed by atoms with van der Waals surface area (Å²) in [5.74, 6) is 0. The highest BCUT2D eigenvalue weighted by atomic mass is 15.1. The van der Waals surface area contributed by atoms with E-state index in [1.54, 1.807) is 0 Å². The van der Waals surface area contributed by atoms with Crippen molar-refractivity contribution in [1.29, 1.82) is 0 Å². The predicted molar refractivity (Wildman–Crippen MR) is 88.9 cm³/mol. The summed E-state index contributed by atoms with van der Waals surface area (Å²) in [6.07, 6.45) is 0. The van der Waals surface area contributed by atoms with Gasteiger partial charge in [-0.05, 0) is 38.3 Å². The summed E-state index contributed by atoms with van der Waals surface area (Å²) in [6, 6.07) is 10.7. The molecule has 1 rings (SSSR count). The molecule has 0 spiro atoms. The lowest BCUT2D eigenvalue weighted by molar-refractivity contribution is 0.165. The zero-order valence-corrected chi connectivity index (χ0v) is 14.2. The summed E-state index contributed by atoms with van der Waals surface area (Å²) in [7, 11) is 0. The van der Waals surface area contributed by atoms with Crippen molar-refractivity contribution in [1.82, 2.24) is 10.2 Å². The number of hydrogen-bond acceptors (Lipinski definition) is 2. The number of nitrogens with one attached hydrogen (secondary N) is 1. The van der Waals surface area contributed by atoms with E-state index in [0.29, 0.717) is 0 Å². The quantitative estimate of drug-likeness (QED) is 0.812. The van der Waals surface area contributed by atoms with Crippen LogP contribution in [0.3, 0.4) is 0 Å². The summed E-state index contributed by atoms with van der Waals surface area (Å²) in [4.78, 5) is 2.53. The first-order chi connectivity index (χ1) is 9.22. The van der Waals surface area contributed by atoms with Gasteiger partial charge < -0.3 is 5.32 Å².